The van der Waals surface area contributed by atoms with E-state index in [0.717, 1.165) is 65.6 Å². The van der Waals surface area contributed by atoms with E-state index in [1.54, 1.807) is 19.2 Å². The number of nitrogens with one attached hydrogen (secondary N) is 1. The summed E-state index contributed by atoms with van der Waals surface area (Å²) in [6.45, 7) is 5.26. The Morgan fingerprint density at radius 2 is 1.95 bits per heavy atom. The van der Waals surface area contributed by atoms with Crippen molar-refractivity contribution in [1.82, 2.24) is 9.88 Å². The molecule has 3 aromatic rings. The summed E-state index contributed by atoms with van der Waals surface area (Å²) in [5.74, 6) is 0.201. The van der Waals surface area contributed by atoms with Crippen molar-refractivity contribution in [3.63, 3.8) is 0 Å². The lowest BCUT2D eigenvalue weighted by Gasteiger charge is -2.48. The third kappa shape index (κ3) is 5.00. The normalized spacial score (nSPS) is 31.4. The highest BCUT2D eigenvalue weighted by Crippen LogP contribution is 2.52. The van der Waals surface area contributed by atoms with Gasteiger partial charge in [-0.2, -0.15) is 0 Å². The van der Waals surface area contributed by atoms with Gasteiger partial charge in [-0.3, -0.25) is 4.90 Å². The van der Waals surface area contributed by atoms with Crippen LogP contribution < -0.4 is 4.74 Å². The number of carbonyl (C=O) groups is 1. The molecule has 0 amide bonds. The van der Waals surface area contributed by atoms with Crippen LogP contribution in [0.3, 0.4) is 0 Å². The van der Waals surface area contributed by atoms with E-state index in [9.17, 15) is 20.1 Å². The third-order valence-corrected chi connectivity index (χ3v) is 9.38. The van der Waals surface area contributed by atoms with Crippen molar-refractivity contribution in [2.45, 2.75) is 88.4 Å². The molecule has 42 heavy (non-hydrogen) atoms. The van der Waals surface area contributed by atoms with Crippen LogP contribution in [0.2, 0.25) is 0 Å². The van der Waals surface area contributed by atoms with E-state index in [-0.39, 0.29) is 18.2 Å². The first-order chi connectivity index (χ1) is 20.3. The molecule has 1 unspecified atom stereocenters. The second-order valence-corrected chi connectivity index (χ2v) is 11.7. The molecular formula is C32H40N2O8. The molecule has 0 spiro atoms. The SMILES string of the molecule is CCO[C@H]1C[C@H]2CC[C@@](c3ccc(C(=O)OC4OC[C@H](O)[C@H](O)[C@H]4O)cc3)(C1)N2Cc1c(OC)cc(C)c2[nH]ccc12. The number of methoxy groups -OCH3 is 1. The maximum absolute atomic E-state index is 12.9. The zero-order chi connectivity index (χ0) is 29.6. The summed E-state index contributed by atoms with van der Waals surface area (Å²) in [7, 11) is 1.72. The summed E-state index contributed by atoms with van der Waals surface area (Å²) >= 11 is 0. The Kier molecular flexibility index (Phi) is 8.03. The zero-order valence-electron chi connectivity index (χ0n) is 24.3. The summed E-state index contributed by atoms with van der Waals surface area (Å²) in [6.07, 6.45) is 0.345. The fraction of sp³-hybridized carbons (Fsp3) is 0.531. The van der Waals surface area contributed by atoms with Crippen molar-refractivity contribution < 1.29 is 39.1 Å². The number of nitrogens with zero attached hydrogens (tertiary/aromatic N) is 1. The van der Waals surface area contributed by atoms with Gasteiger partial charge in [0.05, 0.1) is 25.4 Å². The predicted molar refractivity (Wildman–Crippen MR) is 154 cm³/mol. The van der Waals surface area contributed by atoms with Crippen molar-refractivity contribution in [1.29, 1.82) is 0 Å². The van der Waals surface area contributed by atoms with E-state index in [0.29, 0.717) is 18.2 Å². The topological polar surface area (TPSA) is 134 Å². The molecule has 1 aromatic heterocycles. The molecule has 10 nitrogen and oxygen atoms in total. The van der Waals surface area contributed by atoms with Gasteiger partial charge in [-0.1, -0.05) is 12.1 Å². The second kappa shape index (κ2) is 11.6. The molecule has 226 valence electrons. The van der Waals surface area contributed by atoms with Gasteiger partial charge >= 0.3 is 5.97 Å². The quantitative estimate of drug-likeness (QED) is 0.297. The van der Waals surface area contributed by atoms with Crippen molar-refractivity contribution in [2.24, 2.45) is 0 Å². The number of H-pyrrole nitrogens is 1. The Balaban J connectivity index is 1.29. The summed E-state index contributed by atoms with van der Waals surface area (Å²) in [5, 5.41) is 30.9. The number of aliphatic hydroxyl groups is 3. The van der Waals surface area contributed by atoms with Crippen LogP contribution in [0.4, 0.5) is 0 Å². The minimum atomic E-state index is -1.54. The number of esters is 1. The number of carbonyl (C=O) groups excluding carboxylic acids is 1. The molecule has 3 saturated heterocycles. The van der Waals surface area contributed by atoms with Gasteiger partial charge < -0.3 is 39.3 Å². The maximum atomic E-state index is 12.9. The average molecular weight is 581 g/mol. The van der Waals surface area contributed by atoms with Gasteiger partial charge in [0, 0.05) is 47.4 Å². The number of hydrogen-bond acceptors (Lipinski definition) is 9. The molecular weight excluding hydrogens is 540 g/mol. The Bertz CT molecular complexity index is 1420. The summed E-state index contributed by atoms with van der Waals surface area (Å²) < 4.78 is 22.7. The van der Waals surface area contributed by atoms with Crippen LogP contribution in [0.5, 0.6) is 5.75 Å². The number of fused-ring (bicyclic) bond motifs is 3. The number of aromatic nitrogens is 1. The lowest BCUT2D eigenvalue weighted by atomic mass is 9.79. The first-order valence-corrected chi connectivity index (χ1v) is 14.7. The van der Waals surface area contributed by atoms with Crippen molar-refractivity contribution in [3.05, 3.63) is 64.8 Å². The standard InChI is InChI=1S/C32H40N2O8/c1-4-40-22-14-21-9-11-32(15-22,34(21)16-24-23-10-12-33-27(23)18(2)13-26(24)39-3)20-7-5-19(6-8-20)30(38)42-31-29(37)28(36)25(35)17-41-31/h5-8,10,12-13,21-22,25,28-29,31,33,35-37H,4,9,11,14-17H2,1-3H3/t21-,22+,25+,28+,29-,31?,32+/m1/s1. The number of hydrogen-bond donors (Lipinski definition) is 4. The fourth-order valence-corrected chi connectivity index (χ4v) is 7.28. The van der Waals surface area contributed by atoms with Crippen LogP contribution in [0, 0.1) is 6.92 Å². The minimum Gasteiger partial charge on any atom is -0.496 e. The third-order valence-electron chi connectivity index (χ3n) is 9.38. The van der Waals surface area contributed by atoms with Gasteiger partial charge in [0.15, 0.2) is 0 Å². The Hall–Kier alpha value is -2.99. The molecule has 2 aromatic carbocycles. The largest absolute Gasteiger partial charge is 0.496 e. The van der Waals surface area contributed by atoms with Crippen molar-refractivity contribution in [3.8, 4) is 5.75 Å². The van der Waals surface area contributed by atoms with E-state index >= 15 is 0 Å². The van der Waals surface area contributed by atoms with Crippen LogP contribution in [-0.4, -0.2) is 88.2 Å². The Morgan fingerprint density at radius 3 is 2.69 bits per heavy atom. The fourth-order valence-electron chi connectivity index (χ4n) is 7.28. The number of piperidine rings is 1. The van der Waals surface area contributed by atoms with Gasteiger partial charge in [-0.15, -0.1) is 0 Å². The molecule has 4 heterocycles. The van der Waals surface area contributed by atoms with E-state index in [4.69, 9.17) is 18.9 Å². The Morgan fingerprint density at radius 1 is 1.17 bits per heavy atom. The highest BCUT2D eigenvalue weighted by Gasteiger charge is 2.53. The molecule has 0 aliphatic carbocycles. The first kappa shape index (κ1) is 29.1. The molecule has 3 fully saturated rings. The van der Waals surface area contributed by atoms with Crippen LogP contribution in [0.1, 0.15) is 59.7 Å². The lowest BCUT2D eigenvalue weighted by molar-refractivity contribution is -0.251. The van der Waals surface area contributed by atoms with Crippen LogP contribution in [0.15, 0.2) is 42.6 Å². The van der Waals surface area contributed by atoms with Gasteiger partial charge in [-0.05, 0) is 74.9 Å². The van der Waals surface area contributed by atoms with E-state index in [2.05, 4.69) is 28.9 Å². The van der Waals surface area contributed by atoms with E-state index < -0.39 is 30.6 Å². The highest BCUT2D eigenvalue weighted by atomic mass is 16.7. The zero-order valence-corrected chi connectivity index (χ0v) is 24.3. The van der Waals surface area contributed by atoms with Gasteiger partial charge in [0.2, 0.25) is 6.29 Å². The summed E-state index contributed by atoms with van der Waals surface area (Å²) in [4.78, 5) is 18.9. The molecule has 0 radical (unpaired) electrons. The monoisotopic (exact) mass is 580 g/mol. The van der Waals surface area contributed by atoms with Crippen molar-refractivity contribution >= 4 is 16.9 Å². The van der Waals surface area contributed by atoms with Crippen LogP contribution in [-0.2, 0) is 26.3 Å². The van der Waals surface area contributed by atoms with E-state index in [1.807, 2.05) is 25.3 Å². The molecule has 3 aliphatic rings. The highest BCUT2D eigenvalue weighted by molar-refractivity contribution is 5.89. The Labute approximate surface area is 245 Å². The van der Waals surface area contributed by atoms with Gasteiger partial charge in [-0.25, -0.2) is 4.79 Å². The number of aliphatic hydroxyl groups excluding tert-OH is 3. The second-order valence-electron chi connectivity index (χ2n) is 11.7. The minimum absolute atomic E-state index is 0.141. The van der Waals surface area contributed by atoms with Crippen LogP contribution in [0.25, 0.3) is 10.9 Å². The summed E-state index contributed by atoms with van der Waals surface area (Å²) in [5.41, 5.74) is 4.54. The van der Waals surface area contributed by atoms with Crippen molar-refractivity contribution in [2.75, 3.05) is 20.3 Å². The first-order valence-electron chi connectivity index (χ1n) is 14.7. The lowest BCUT2D eigenvalue weighted by Crippen LogP contribution is -2.54. The molecule has 2 bridgehead atoms. The summed E-state index contributed by atoms with van der Waals surface area (Å²) in [6, 6.07) is 12.0. The molecule has 4 N–H and O–H groups in total. The molecule has 0 saturated carbocycles. The number of aryl methyl sites for hydroxylation is 1. The van der Waals surface area contributed by atoms with Gasteiger partial charge in [0.1, 0.15) is 24.1 Å². The van der Waals surface area contributed by atoms with Crippen LogP contribution >= 0.6 is 0 Å². The predicted octanol–water partition coefficient (Wildman–Crippen LogP) is 3.14. The molecule has 6 rings (SSSR count). The molecule has 7 atom stereocenters. The number of aromatic amines is 1. The molecule has 10 heteroatoms. The number of ether oxygens (including phenoxy) is 4. The maximum Gasteiger partial charge on any atom is 0.340 e. The number of benzene rings is 2. The number of rotatable bonds is 8. The van der Waals surface area contributed by atoms with E-state index in [1.165, 1.54) is 0 Å². The average Bonchev–Trinajstić information content (AvgIpc) is 3.56. The smallest absolute Gasteiger partial charge is 0.340 e. The van der Waals surface area contributed by atoms with Gasteiger partial charge in [0.25, 0.3) is 0 Å². The molecule has 3 aliphatic heterocycles.